The van der Waals surface area contributed by atoms with Crippen LogP contribution in [0.3, 0.4) is 0 Å². The Kier molecular flexibility index (Phi) is 34.7. The smallest absolute Gasteiger partial charge is 0.203 e. The van der Waals surface area contributed by atoms with Gasteiger partial charge < -0.3 is 114 Å². The Morgan fingerprint density at radius 1 is 0.152 bits per heavy atom. The first-order valence-electron chi connectivity index (χ1n) is 36.7. The third-order valence-corrected chi connectivity index (χ3v) is 20.2. The average Bonchev–Trinajstić information content (AvgIpc) is 0.795. The summed E-state index contributed by atoms with van der Waals surface area (Å²) in [5.74, 6) is 14.5. The summed E-state index contributed by atoms with van der Waals surface area (Å²) in [6.07, 6.45) is 9.21. The van der Waals surface area contributed by atoms with Crippen LogP contribution >= 0.6 is 0 Å². The zero-order valence-electron chi connectivity index (χ0n) is 69.8. The van der Waals surface area contributed by atoms with Gasteiger partial charge >= 0.3 is 0 Å². The molecule has 0 N–H and O–H groups in total. The minimum absolute atomic E-state index is 0.0830. The topological polar surface area (TPSA) is 222 Å². The normalized spacial score (nSPS) is 11.4. The van der Waals surface area contributed by atoms with Gasteiger partial charge in [-0.2, -0.15) is 0 Å². The first-order valence-corrected chi connectivity index (χ1v) is 36.7. The molecule has 0 aliphatic rings. The Labute approximate surface area is 661 Å². The van der Waals surface area contributed by atoms with Crippen molar-refractivity contribution in [2.45, 2.75) is 77.0 Å². The Hall–Kier alpha value is -11.0. The second-order valence-electron chi connectivity index (χ2n) is 26.3. The van der Waals surface area contributed by atoms with E-state index in [2.05, 4.69) is 0 Å². The molecule has 0 radical (unpaired) electrons. The quantitative estimate of drug-likeness (QED) is 0.0346. The zero-order chi connectivity index (χ0) is 81.6. The third kappa shape index (κ3) is 21.7. The largest absolute Gasteiger partial charge is 0.493 e. The highest BCUT2D eigenvalue weighted by atomic mass is 16.6. The van der Waals surface area contributed by atoms with Gasteiger partial charge in [0.15, 0.2) is 92.0 Å². The maximum absolute atomic E-state index is 5.78. The third-order valence-electron chi connectivity index (χ3n) is 20.2. The van der Waals surface area contributed by atoms with Gasteiger partial charge in [-0.15, -0.1) is 0 Å². The summed E-state index contributed by atoms with van der Waals surface area (Å²) in [4.78, 5) is 0. The molecule has 0 bridgehead atoms. The van der Waals surface area contributed by atoms with Crippen LogP contribution in [0, 0.1) is 23.7 Å². The highest BCUT2D eigenvalue weighted by molar-refractivity contribution is 5.60. The SMILES string of the molecule is COc1cc(CCC[C@@H](Cc2cc(OC)c(OC)c(OC)c2)C(Cc2cc(OC)c(OC)c(OC)c2)Cc2cc(OC)c(OC)c(OC)c2)cc(OC)c1OC.COc1cc(CCC[C@H](Cc2cc(OC)c(OC)c(OC)c2)C(Cc2cc(OC)c(OC)c(OC)c2)Cc2cc(OC)c(OC)c(OC)c2)cc(OC)c1OC. The zero-order valence-corrected chi connectivity index (χ0v) is 69.8. The van der Waals surface area contributed by atoms with Gasteiger partial charge in [-0.3, -0.25) is 0 Å². The lowest BCUT2D eigenvalue weighted by atomic mass is 9.76. The molecule has 0 saturated carbocycles. The number of hydrogen-bond acceptors (Lipinski definition) is 24. The Morgan fingerprint density at radius 2 is 0.268 bits per heavy atom. The van der Waals surface area contributed by atoms with Crippen LogP contribution in [0.4, 0.5) is 0 Å². The predicted octanol–water partition coefficient (Wildman–Crippen LogP) is 16.1. The first-order chi connectivity index (χ1) is 54.4. The molecule has 8 aromatic rings. The fourth-order valence-electron chi connectivity index (χ4n) is 14.9. The van der Waals surface area contributed by atoms with Crippen LogP contribution in [0.1, 0.15) is 70.2 Å². The highest BCUT2D eigenvalue weighted by Crippen LogP contribution is 2.49. The number of benzene rings is 8. The van der Waals surface area contributed by atoms with E-state index >= 15 is 0 Å². The molecule has 0 unspecified atom stereocenters. The molecule has 112 heavy (non-hydrogen) atoms. The van der Waals surface area contributed by atoms with Crippen molar-refractivity contribution in [3.63, 3.8) is 0 Å². The van der Waals surface area contributed by atoms with Crippen molar-refractivity contribution in [3.05, 3.63) is 142 Å². The number of hydrogen-bond donors (Lipinski definition) is 0. The molecule has 0 amide bonds. The summed E-state index contributed by atoms with van der Waals surface area (Å²) in [6.45, 7) is 0. The van der Waals surface area contributed by atoms with Gasteiger partial charge in [0.05, 0.1) is 171 Å². The van der Waals surface area contributed by atoms with Crippen molar-refractivity contribution in [1.29, 1.82) is 0 Å². The molecule has 24 nitrogen and oxygen atoms in total. The Morgan fingerprint density at radius 3 is 0.384 bits per heavy atom. The van der Waals surface area contributed by atoms with Crippen LogP contribution < -0.4 is 114 Å². The molecule has 0 aliphatic heterocycles. The number of aryl methyl sites for hydroxylation is 2. The molecular weight excluding hydrogens is 1440 g/mol. The van der Waals surface area contributed by atoms with Crippen molar-refractivity contribution >= 4 is 0 Å². The highest BCUT2D eigenvalue weighted by Gasteiger charge is 2.31. The van der Waals surface area contributed by atoms with E-state index in [9.17, 15) is 0 Å². The first kappa shape index (κ1) is 88.2. The molecule has 0 saturated heterocycles. The molecule has 0 spiro atoms. The number of rotatable bonds is 46. The molecule has 24 heteroatoms. The number of methoxy groups -OCH3 is 24. The molecule has 0 fully saturated rings. The average molecular weight is 1560 g/mol. The molecular formula is C88H116O24. The summed E-state index contributed by atoms with van der Waals surface area (Å²) in [5.41, 5.74) is 8.42. The molecule has 0 heterocycles. The lowest BCUT2D eigenvalue weighted by Gasteiger charge is -2.29. The molecule has 0 aliphatic carbocycles. The second kappa shape index (κ2) is 44.1. The van der Waals surface area contributed by atoms with Crippen LogP contribution in [0.2, 0.25) is 0 Å². The van der Waals surface area contributed by atoms with Crippen LogP contribution in [-0.4, -0.2) is 171 Å². The van der Waals surface area contributed by atoms with Gasteiger partial charge in [0.25, 0.3) is 0 Å². The van der Waals surface area contributed by atoms with Gasteiger partial charge in [0, 0.05) is 0 Å². The summed E-state index contributed by atoms with van der Waals surface area (Å²) < 4.78 is 137. The minimum atomic E-state index is 0.0830. The Balaban J connectivity index is 0.000000311. The van der Waals surface area contributed by atoms with Gasteiger partial charge in [-0.1, -0.05) is 0 Å². The molecule has 8 aromatic carbocycles. The summed E-state index contributed by atoms with van der Waals surface area (Å²) in [5, 5.41) is 0. The van der Waals surface area contributed by atoms with Crippen LogP contribution in [0.15, 0.2) is 97.1 Å². The van der Waals surface area contributed by atoms with E-state index in [0.717, 1.165) is 83.0 Å². The van der Waals surface area contributed by atoms with Crippen LogP contribution in [0.25, 0.3) is 0 Å². The molecule has 8 rings (SSSR count). The summed E-state index contributed by atoms with van der Waals surface area (Å²) in [6, 6.07) is 32.4. The van der Waals surface area contributed by atoms with Crippen molar-refractivity contribution < 1.29 is 114 Å². The van der Waals surface area contributed by atoms with Crippen LogP contribution in [-0.2, 0) is 51.4 Å². The lowest BCUT2D eigenvalue weighted by molar-refractivity contribution is 0.292. The fraction of sp³-hybridized carbons (Fsp3) is 0.455. The molecule has 612 valence electrons. The van der Waals surface area contributed by atoms with Gasteiger partial charge in [0.1, 0.15) is 0 Å². The van der Waals surface area contributed by atoms with Gasteiger partial charge in [-0.25, -0.2) is 0 Å². The van der Waals surface area contributed by atoms with E-state index in [1.807, 2.05) is 97.1 Å². The summed E-state index contributed by atoms with van der Waals surface area (Å²) in [7, 11) is 38.9. The van der Waals surface area contributed by atoms with E-state index < -0.39 is 0 Å². The van der Waals surface area contributed by atoms with Crippen molar-refractivity contribution in [2.24, 2.45) is 23.7 Å². The van der Waals surface area contributed by atoms with E-state index in [-0.39, 0.29) is 23.7 Å². The fourth-order valence-corrected chi connectivity index (χ4v) is 14.9. The molecule has 2 atom stereocenters. The van der Waals surface area contributed by atoms with Gasteiger partial charge in [0.2, 0.25) is 46.0 Å². The minimum Gasteiger partial charge on any atom is -0.493 e. The van der Waals surface area contributed by atoms with E-state index in [1.54, 1.807) is 171 Å². The maximum atomic E-state index is 5.78. The Bertz CT molecular complexity index is 3690. The van der Waals surface area contributed by atoms with Crippen molar-refractivity contribution in [2.75, 3.05) is 171 Å². The summed E-state index contributed by atoms with van der Waals surface area (Å²) >= 11 is 0. The lowest BCUT2D eigenvalue weighted by Crippen LogP contribution is -2.23. The van der Waals surface area contributed by atoms with Crippen molar-refractivity contribution in [1.82, 2.24) is 0 Å². The predicted molar refractivity (Wildman–Crippen MR) is 431 cm³/mol. The van der Waals surface area contributed by atoms with Crippen molar-refractivity contribution in [3.8, 4) is 138 Å². The molecule has 0 aromatic heterocycles. The maximum Gasteiger partial charge on any atom is 0.203 e. The van der Waals surface area contributed by atoms with Crippen LogP contribution in [0.5, 0.6) is 138 Å². The van der Waals surface area contributed by atoms with E-state index in [0.29, 0.717) is 177 Å². The van der Waals surface area contributed by atoms with E-state index in [4.69, 9.17) is 114 Å². The standard InChI is InChI=1S/2C44H58O12/c2*1-45-33-19-27(20-34(46-2)41(33)53-9)14-13-15-31(16-28-21-35(47-3)42(54-10)36(22-28)48-4)32(17-29-23-37(49-5)43(55-11)38(24-29)50-6)18-30-25-39(51-7)44(56-12)40(26-30)52-8/h2*19-26,31-32H,13-18H2,1-12H3/t2*31-/m10/s1. The number of ether oxygens (including phenoxy) is 24. The van der Waals surface area contributed by atoms with Gasteiger partial charge in [-0.05, 0) is 242 Å². The van der Waals surface area contributed by atoms with E-state index in [1.165, 1.54) is 0 Å². The second-order valence-corrected chi connectivity index (χ2v) is 26.3. The monoisotopic (exact) mass is 1560 g/mol.